The first-order valence-electron chi connectivity index (χ1n) is 27.4. The van der Waals surface area contributed by atoms with Crippen molar-refractivity contribution in [3.8, 4) is 22.3 Å². The van der Waals surface area contributed by atoms with E-state index in [1.54, 1.807) is 0 Å². The van der Waals surface area contributed by atoms with Crippen LogP contribution in [0.25, 0.3) is 33.3 Å². The quantitative estimate of drug-likeness (QED) is 0.130. The standard InChI is InChI=1S/C58H71N11O5/c1-39(2)63-25-17-42(18-26-63)40-7-9-43(10-8-40)47-37-53-51(65-29-33-67(34-30-65)57(72)74-46-5-4-6-46)16-22-61-69(53)54(47)48-36-49(48)55(70)66-31-27-64(28-32-66)50-15-21-60-68-38-44(35-52(50)68)41-11-13-45(14-12-41)58(62-56(71)73-3)19-23-59-24-20-58/h7-16,21-22,35,37-39,42,46,48-49,59H,4-6,17-20,23-34,36H2,1-3H3,(H,62,71). The number of ether oxygens (including phenoxy) is 2. The van der Waals surface area contributed by atoms with E-state index in [-0.39, 0.29) is 29.9 Å². The Morgan fingerprint density at radius 3 is 2.01 bits per heavy atom. The van der Waals surface area contributed by atoms with Crippen molar-refractivity contribution < 1.29 is 23.9 Å². The molecule has 0 bridgehead atoms. The first kappa shape index (κ1) is 48.3. The molecule has 12 rings (SSSR count). The summed E-state index contributed by atoms with van der Waals surface area (Å²) >= 11 is 0. The number of fused-ring (bicyclic) bond motifs is 2. The Morgan fingerprint density at radius 1 is 0.716 bits per heavy atom. The SMILES string of the molecule is COC(=O)NC1(c2ccc(-c3cc4c(N5CCN(C(=O)C6CC6c6c(-c7ccc(C8CCN(C(C)C)CC8)cc7)cc7c(N8CCN(C(=O)OC9CCC9)CC8)ccnn67)CC5)ccnn4c3)cc2)CCNCC1. The molecule has 6 fully saturated rings. The summed E-state index contributed by atoms with van der Waals surface area (Å²) in [5, 5.41) is 16.3. The van der Waals surface area contributed by atoms with Gasteiger partial charge in [-0.1, -0.05) is 48.5 Å². The highest BCUT2D eigenvalue weighted by Gasteiger charge is 2.49. The highest BCUT2D eigenvalue weighted by molar-refractivity contribution is 5.88. The van der Waals surface area contributed by atoms with Crippen molar-refractivity contribution in [3.05, 3.63) is 108 Å². The maximum absolute atomic E-state index is 14.6. The number of piperidine rings is 2. The molecule has 74 heavy (non-hydrogen) atoms. The van der Waals surface area contributed by atoms with Gasteiger partial charge in [0, 0.05) is 100.0 Å². The molecule has 2 saturated carbocycles. The van der Waals surface area contributed by atoms with Gasteiger partial charge in [0.2, 0.25) is 5.91 Å². The Balaban J connectivity index is 0.752. The summed E-state index contributed by atoms with van der Waals surface area (Å²) in [7, 11) is 1.41. The molecule has 6 aliphatic rings. The first-order valence-corrected chi connectivity index (χ1v) is 27.4. The van der Waals surface area contributed by atoms with Crippen LogP contribution < -0.4 is 20.4 Å². The van der Waals surface area contributed by atoms with Crippen molar-refractivity contribution in [2.24, 2.45) is 5.92 Å². The summed E-state index contributed by atoms with van der Waals surface area (Å²) in [4.78, 5) is 51.3. The van der Waals surface area contributed by atoms with Crippen LogP contribution in [0.3, 0.4) is 0 Å². The maximum atomic E-state index is 14.6. The highest BCUT2D eigenvalue weighted by Crippen LogP contribution is 2.53. The second kappa shape index (κ2) is 20.2. The van der Waals surface area contributed by atoms with Crippen molar-refractivity contribution in [1.82, 2.24) is 44.6 Å². The van der Waals surface area contributed by atoms with Crippen LogP contribution in [0, 0.1) is 5.92 Å². The lowest BCUT2D eigenvalue weighted by atomic mass is 9.81. The van der Waals surface area contributed by atoms with Crippen molar-refractivity contribution in [1.29, 1.82) is 0 Å². The van der Waals surface area contributed by atoms with Crippen molar-refractivity contribution >= 4 is 40.5 Å². The summed E-state index contributed by atoms with van der Waals surface area (Å²) in [5.74, 6) is 0.705. The lowest BCUT2D eigenvalue weighted by molar-refractivity contribution is -0.133. The van der Waals surface area contributed by atoms with E-state index in [2.05, 4.69) is 128 Å². The second-order valence-corrected chi connectivity index (χ2v) is 22.0. The number of piperazine rings is 2. The summed E-state index contributed by atoms with van der Waals surface area (Å²) in [6, 6.07) is 27.0. The third-order valence-electron chi connectivity index (χ3n) is 17.5. The monoisotopic (exact) mass is 1000 g/mol. The summed E-state index contributed by atoms with van der Waals surface area (Å²) in [6.07, 6.45) is 13.1. The van der Waals surface area contributed by atoms with E-state index in [0.717, 1.165) is 134 Å². The van der Waals surface area contributed by atoms with Crippen LogP contribution in [0.5, 0.6) is 0 Å². The fourth-order valence-corrected chi connectivity index (χ4v) is 12.6. The molecule has 2 aromatic carbocycles. The molecule has 388 valence electrons. The van der Waals surface area contributed by atoms with Gasteiger partial charge in [-0.25, -0.2) is 18.6 Å². The number of hydrogen-bond donors (Lipinski definition) is 2. The number of anilines is 2. The van der Waals surface area contributed by atoms with Crippen LogP contribution in [-0.2, 0) is 19.8 Å². The number of likely N-dealkylation sites (tertiary alicyclic amines) is 1. The molecule has 0 spiro atoms. The zero-order chi connectivity index (χ0) is 50.5. The lowest BCUT2D eigenvalue weighted by Crippen LogP contribution is -2.52. The lowest BCUT2D eigenvalue weighted by Gasteiger charge is -2.38. The van der Waals surface area contributed by atoms with Crippen LogP contribution in [0.4, 0.5) is 21.0 Å². The molecule has 2 atom stereocenters. The number of nitrogens with one attached hydrogen (secondary N) is 2. The van der Waals surface area contributed by atoms with Gasteiger partial charge < -0.3 is 44.6 Å². The highest BCUT2D eigenvalue weighted by atomic mass is 16.6. The fourth-order valence-electron chi connectivity index (χ4n) is 12.6. The molecule has 16 heteroatoms. The van der Waals surface area contributed by atoms with Crippen LogP contribution in [0.1, 0.15) is 93.9 Å². The van der Waals surface area contributed by atoms with E-state index >= 15 is 0 Å². The van der Waals surface area contributed by atoms with Gasteiger partial charge >= 0.3 is 12.2 Å². The van der Waals surface area contributed by atoms with Gasteiger partial charge in [-0.15, -0.1) is 0 Å². The van der Waals surface area contributed by atoms with Gasteiger partial charge in [0.25, 0.3) is 0 Å². The molecule has 0 radical (unpaired) electrons. The minimum Gasteiger partial charge on any atom is -0.453 e. The minimum absolute atomic E-state index is 0.0429. The summed E-state index contributed by atoms with van der Waals surface area (Å²) in [5.41, 5.74) is 11.8. The minimum atomic E-state index is -0.480. The van der Waals surface area contributed by atoms with Gasteiger partial charge in [-0.2, -0.15) is 10.2 Å². The Kier molecular flexibility index (Phi) is 13.2. The molecule has 2 unspecified atom stereocenters. The Labute approximate surface area is 433 Å². The number of nitrogens with zero attached hydrogens (tertiary/aromatic N) is 9. The fraction of sp³-hybridized carbons (Fsp3) is 0.500. The third kappa shape index (κ3) is 9.33. The number of alkyl carbamates (subject to hydrolysis) is 1. The number of methoxy groups -OCH3 is 1. The molecule has 4 aromatic heterocycles. The average molecular weight is 1000 g/mol. The van der Waals surface area contributed by atoms with E-state index in [1.807, 2.05) is 21.8 Å². The van der Waals surface area contributed by atoms with Crippen LogP contribution in [0.2, 0.25) is 0 Å². The molecular weight excluding hydrogens is 931 g/mol. The van der Waals surface area contributed by atoms with Gasteiger partial charge in [0.15, 0.2) is 0 Å². The Hall–Kier alpha value is -6.65. The van der Waals surface area contributed by atoms with Gasteiger partial charge in [0.1, 0.15) is 6.10 Å². The first-order chi connectivity index (χ1) is 36.1. The van der Waals surface area contributed by atoms with Crippen LogP contribution >= 0.6 is 0 Å². The van der Waals surface area contributed by atoms with E-state index < -0.39 is 11.6 Å². The smallest absolute Gasteiger partial charge is 0.410 e. The van der Waals surface area contributed by atoms with Crippen molar-refractivity contribution in [3.63, 3.8) is 0 Å². The Bertz CT molecular complexity index is 2990. The number of amides is 3. The predicted molar refractivity (Wildman–Crippen MR) is 287 cm³/mol. The molecule has 6 aromatic rings. The molecule has 3 amide bonds. The molecule has 8 heterocycles. The van der Waals surface area contributed by atoms with Gasteiger partial charge in [-0.3, -0.25) is 4.79 Å². The molecule has 16 nitrogen and oxygen atoms in total. The molecule has 2 aliphatic carbocycles. The molecule has 2 N–H and O–H groups in total. The Morgan fingerprint density at radius 2 is 1.36 bits per heavy atom. The topological polar surface area (TPSA) is 145 Å². The zero-order valence-electron chi connectivity index (χ0n) is 43.3. The van der Waals surface area contributed by atoms with Crippen LogP contribution in [0.15, 0.2) is 91.4 Å². The van der Waals surface area contributed by atoms with E-state index in [9.17, 15) is 14.4 Å². The molecule has 4 aliphatic heterocycles. The third-order valence-corrected chi connectivity index (χ3v) is 17.5. The average Bonchev–Trinajstić information content (AvgIpc) is 3.93. The second-order valence-electron chi connectivity index (χ2n) is 22.0. The largest absolute Gasteiger partial charge is 0.453 e. The van der Waals surface area contributed by atoms with E-state index in [4.69, 9.17) is 19.7 Å². The van der Waals surface area contributed by atoms with E-state index in [0.29, 0.717) is 51.2 Å². The number of carbonyl (C=O) groups excluding carboxylic acids is 3. The maximum Gasteiger partial charge on any atom is 0.410 e. The number of benzene rings is 2. The number of carbonyl (C=O) groups is 3. The zero-order valence-corrected chi connectivity index (χ0v) is 43.3. The number of aromatic nitrogens is 4. The number of hydrogen-bond acceptors (Lipinski definition) is 11. The summed E-state index contributed by atoms with van der Waals surface area (Å²) in [6.45, 7) is 13.8. The van der Waals surface area contributed by atoms with E-state index in [1.165, 1.54) is 25.5 Å². The normalized spacial score (nSPS) is 21.8. The summed E-state index contributed by atoms with van der Waals surface area (Å²) < 4.78 is 14.8. The molecule has 4 saturated heterocycles. The van der Waals surface area contributed by atoms with Gasteiger partial charge in [0.05, 0.1) is 40.8 Å². The van der Waals surface area contributed by atoms with Crippen LogP contribution in [-0.4, -0.2) is 150 Å². The van der Waals surface area contributed by atoms with Crippen molar-refractivity contribution in [2.75, 3.05) is 95.4 Å². The van der Waals surface area contributed by atoms with Crippen molar-refractivity contribution in [2.45, 2.75) is 94.7 Å². The number of rotatable bonds is 11. The predicted octanol–water partition coefficient (Wildman–Crippen LogP) is 8.10. The van der Waals surface area contributed by atoms with Gasteiger partial charge in [-0.05, 0) is 144 Å². The molecular formula is C58H71N11O5.